The lowest BCUT2D eigenvalue weighted by Crippen LogP contribution is -2.40. The van der Waals surface area contributed by atoms with Crippen LogP contribution >= 0.6 is 0 Å². The molecule has 0 heterocycles. The minimum atomic E-state index is -0.734. The predicted octanol–water partition coefficient (Wildman–Crippen LogP) is 1.48. The molecule has 12 heavy (non-hydrogen) atoms. The fourth-order valence-corrected chi connectivity index (χ4v) is 1.10. The zero-order chi connectivity index (χ0) is 9.72. The highest BCUT2D eigenvalue weighted by Gasteiger charge is 2.16. The summed E-state index contributed by atoms with van der Waals surface area (Å²) in [7, 11) is 0. The van der Waals surface area contributed by atoms with E-state index in [0.29, 0.717) is 12.0 Å². The first-order valence-electron chi connectivity index (χ1n) is 4.41. The van der Waals surface area contributed by atoms with E-state index >= 15 is 0 Å². The third-order valence-electron chi connectivity index (χ3n) is 1.75. The summed E-state index contributed by atoms with van der Waals surface area (Å²) in [5.74, 6) is -0.370. The largest absolute Gasteiger partial charge is 0.481 e. The van der Waals surface area contributed by atoms with Crippen molar-refractivity contribution in [1.29, 1.82) is 0 Å². The van der Waals surface area contributed by atoms with Gasteiger partial charge in [0.05, 0.1) is 6.42 Å². The van der Waals surface area contributed by atoms with Gasteiger partial charge in [-0.2, -0.15) is 0 Å². The number of aliphatic carboxylic acids is 1. The van der Waals surface area contributed by atoms with E-state index in [1.54, 1.807) is 0 Å². The Hall–Kier alpha value is -0.570. The number of carbonyl (C=O) groups is 1. The molecule has 0 aliphatic rings. The second-order valence-electron chi connectivity index (χ2n) is 3.77. The second-order valence-corrected chi connectivity index (χ2v) is 3.77. The van der Waals surface area contributed by atoms with Gasteiger partial charge >= 0.3 is 5.97 Å². The Bertz CT molecular complexity index is 143. The van der Waals surface area contributed by atoms with Gasteiger partial charge in [-0.1, -0.05) is 27.7 Å². The fraction of sp³-hybridized carbons (Fsp3) is 0.889. The Morgan fingerprint density at radius 2 is 1.83 bits per heavy atom. The molecular formula is C9H19NO2. The van der Waals surface area contributed by atoms with Gasteiger partial charge in [-0.15, -0.1) is 0 Å². The van der Waals surface area contributed by atoms with Crippen molar-refractivity contribution < 1.29 is 9.90 Å². The van der Waals surface area contributed by atoms with Gasteiger partial charge in [0.2, 0.25) is 0 Å². The highest BCUT2D eigenvalue weighted by molar-refractivity contribution is 5.67. The van der Waals surface area contributed by atoms with Crippen molar-refractivity contribution in [2.24, 2.45) is 5.92 Å². The highest BCUT2D eigenvalue weighted by atomic mass is 16.4. The lowest BCUT2D eigenvalue weighted by molar-refractivity contribution is -0.137. The number of nitrogens with one attached hydrogen (secondary N) is 1. The van der Waals surface area contributed by atoms with Crippen LogP contribution in [0.1, 0.15) is 34.1 Å². The summed E-state index contributed by atoms with van der Waals surface area (Å²) in [6.07, 6.45) is 0.204. The molecule has 0 rings (SSSR count). The fourth-order valence-electron chi connectivity index (χ4n) is 1.10. The van der Waals surface area contributed by atoms with Crippen molar-refractivity contribution >= 4 is 5.97 Å². The van der Waals surface area contributed by atoms with E-state index in [1.807, 2.05) is 27.7 Å². The third-order valence-corrected chi connectivity index (χ3v) is 1.75. The van der Waals surface area contributed by atoms with Gasteiger partial charge in [-0.05, 0) is 5.92 Å². The van der Waals surface area contributed by atoms with Crippen LogP contribution in [0.4, 0.5) is 0 Å². The minimum Gasteiger partial charge on any atom is -0.481 e. The summed E-state index contributed by atoms with van der Waals surface area (Å²) < 4.78 is 0. The van der Waals surface area contributed by atoms with Gasteiger partial charge in [0, 0.05) is 12.1 Å². The second kappa shape index (κ2) is 5.14. The van der Waals surface area contributed by atoms with Gasteiger partial charge in [0.25, 0.3) is 0 Å². The van der Waals surface area contributed by atoms with E-state index < -0.39 is 5.97 Å². The van der Waals surface area contributed by atoms with Gasteiger partial charge in [0.1, 0.15) is 0 Å². The lowest BCUT2D eigenvalue weighted by atomic mass is 10.0. The van der Waals surface area contributed by atoms with E-state index in [1.165, 1.54) is 0 Å². The molecule has 0 aliphatic carbocycles. The number of carboxylic acids is 1. The summed E-state index contributed by atoms with van der Waals surface area (Å²) >= 11 is 0. The summed E-state index contributed by atoms with van der Waals surface area (Å²) in [6, 6.07) is 0.430. The predicted molar refractivity (Wildman–Crippen MR) is 49.2 cm³/mol. The number of carboxylic acid groups (broad SMARTS) is 1. The molecule has 0 saturated carbocycles. The molecule has 3 nitrogen and oxygen atoms in total. The maximum absolute atomic E-state index is 10.5. The molecule has 0 fully saturated rings. The summed E-state index contributed by atoms with van der Waals surface area (Å²) in [5, 5.41) is 11.8. The van der Waals surface area contributed by atoms with Crippen molar-refractivity contribution in [3.8, 4) is 0 Å². The lowest BCUT2D eigenvalue weighted by Gasteiger charge is -2.22. The zero-order valence-corrected chi connectivity index (χ0v) is 8.29. The molecule has 1 atom stereocenters. The SMILES string of the molecule is CC(C)N[C@H](CC(=O)O)C(C)C. The Labute approximate surface area is 74.2 Å². The number of hydrogen-bond acceptors (Lipinski definition) is 2. The van der Waals surface area contributed by atoms with Gasteiger partial charge in [-0.3, -0.25) is 4.79 Å². The minimum absolute atomic E-state index is 0.0856. The monoisotopic (exact) mass is 173 g/mol. The van der Waals surface area contributed by atoms with Crippen LogP contribution in [0.15, 0.2) is 0 Å². The Morgan fingerprint density at radius 3 is 2.08 bits per heavy atom. The molecule has 0 aromatic heterocycles. The molecule has 72 valence electrons. The summed E-state index contributed by atoms with van der Waals surface area (Å²) in [5.41, 5.74) is 0. The van der Waals surface area contributed by atoms with Crippen LogP contribution in [0.2, 0.25) is 0 Å². The van der Waals surface area contributed by atoms with Crippen LogP contribution in [0, 0.1) is 5.92 Å². The van der Waals surface area contributed by atoms with Crippen LogP contribution in [0.5, 0.6) is 0 Å². The summed E-state index contributed by atoms with van der Waals surface area (Å²) in [4.78, 5) is 10.5. The zero-order valence-electron chi connectivity index (χ0n) is 8.29. The number of rotatable bonds is 5. The van der Waals surface area contributed by atoms with Crippen molar-refractivity contribution in [2.75, 3.05) is 0 Å². The molecule has 0 amide bonds. The molecule has 0 spiro atoms. The van der Waals surface area contributed by atoms with E-state index in [2.05, 4.69) is 5.32 Å². The molecule has 0 unspecified atom stereocenters. The molecule has 0 radical (unpaired) electrons. The van der Waals surface area contributed by atoms with Crippen LogP contribution in [-0.4, -0.2) is 23.2 Å². The Morgan fingerprint density at radius 1 is 1.33 bits per heavy atom. The Balaban J connectivity index is 3.95. The van der Waals surface area contributed by atoms with Crippen molar-refractivity contribution in [3.63, 3.8) is 0 Å². The maximum atomic E-state index is 10.5. The first-order valence-corrected chi connectivity index (χ1v) is 4.41. The van der Waals surface area contributed by atoms with Crippen molar-refractivity contribution in [2.45, 2.75) is 46.2 Å². The molecule has 0 aromatic rings. The molecule has 3 heteroatoms. The average Bonchev–Trinajstić information content (AvgIpc) is 1.83. The van der Waals surface area contributed by atoms with E-state index in [0.717, 1.165) is 0 Å². The third kappa shape index (κ3) is 5.13. The Kier molecular flexibility index (Phi) is 4.90. The smallest absolute Gasteiger partial charge is 0.304 e. The van der Waals surface area contributed by atoms with Crippen molar-refractivity contribution in [3.05, 3.63) is 0 Å². The van der Waals surface area contributed by atoms with Crippen LogP contribution in [0.25, 0.3) is 0 Å². The standard InChI is InChI=1S/C9H19NO2/c1-6(2)8(5-9(11)12)10-7(3)4/h6-8,10H,5H2,1-4H3,(H,11,12)/t8-/m1/s1. The molecule has 0 aliphatic heterocycles. The van der Waals surface area contributed by atoms with E-state index in [9.17, 15) is 4.79 Å². The van der Waals surface area contributed by atoms with Gasteiger partial charge in [-0.25, -0.2) is 0 Å². The molecular weight excluding hydrogens is 154 g/mol. The van der Waals surface area contributed by atoms with Crippen LogP contribution in [-0.2, 0) is 4.79 Å². The summed E-state index contributed by atoms with van der Waals surface area (Å²) in [6.45, 7) is 8.11. The molecule has 2 N–H and O–H groups in total. The first kappa shape index (κ1) is 11.4. The average molecular weight is 173 g/mol. The molecule has 0 bridgehead atoms. The molecule has 0 aromatic carbocycles. The van der Waals surface area contributed by atoms with E-state index in [-0.39, 0.29) is 12.5 Å². The van der Waals surface area contributed by atoms with Crippen LogP contribution in [0.3, 0.4) is 0 Å². The molecule has 0 saturated heterocycles. The van der Waals surface area contributed by atoms with Gasteiger partial charge in [0.15, 0.2) is 0 Å². The highest BCUT2D eigenvalue weighted by Crippen LogP contribution is 2.06. The van der Waals surface area contributed by atoms with Crippen molar-refractivity contribution in [1.82, 2.24) is 5.32 Å². The maximum Gasteiger partial charge on any atom is 0.304 e. The van der Waals surface area contributed by atoms with Crippen LogP contribution < -0.4 is 5.32 Å². The van der Waals surface area contributed by atoms with E-state index in [4.69, 9.17) is 5.11 Å². The quantitative estimate of drug-likeness (QED) is 0.662. The van der Waals surface area contributed by atoms with Gasteiger partial charge < -0.3 is 10.4 Å². The first-order chi connectivity index (χ1) is 5.43. The topological polar surface area (TPSA) is 49.3 Å². The number of hydrogen-bond donors (Lipinski definition) is 2. The normalized spacial score (nSPS) is 13.8.